The van der Waals surface area contributed by atoms with Gasteiger partial charge in [0.2, 0.25) is 0 Å². The highest BCUT2D eigenvalue weighted by Crippen LogP contribution is 2.44. The molecule has 24 heavy (non-hydrogen) atoms. The Morgan fingerprint density at radius 2 is 1.92 bits per heavy atom. The summed E-state index contributed by atoms with van der Waals surface area (Å²) in [5.41, 5.74) is 1.64. The molecule has 3 fully saturated rings. The Morgan fingerprint density at radius 3 is 2.67 bits per heavy atom. The van der Waals surface area contributed by atoms with Crippen molar-refractivity contribution in [3.8, 4) is 0 Å². The van der Waals surface area contributed by atoms with Gasteiger partial charge in [0.05, 0.1) is 12.3 Å². The van der Waals surface area contributed by atoms with Crippen LogP contribution in [0.15, 0.2) is 6.20 Å². The fraction of sp³-hybridized carbons (Fsp3) is 0.889. The van der Waals surface area contributed by atoms with Crippen molar-refractivity contribution in [3.05, 3.63) is 11.9 Å². The summed E-state index contributed by atoms with van der Waals surface area (Å²) < 4.78 is 12.9. The van der Waals surface area contributed by atoms with Gasteiger partial charge < -0.3 is 14.8 Å². The van der Waals surface area contributed by atoms with E-state index in [-0.39, 0.29) is 0 Å². The van der Waals surface area contributed by atoms with Crippen LogP contribution in [0.25, 0.3) is 0 Å². The standard InChI is InChI=1S/C18H30N4O2/c1-4-18(6-9-23-10-7-18)5-2-16(1)19-11-17-13-22(21-20-17)12-15-3-8-24-14-15/h13,15-16,19H,1-12,14H2. The smallest absolute Gasteiger partial charge is 0.0964 e. The maximum absolute atomic E-state index is 5.54. The maximum atomic E-state index is 5.54. The van der Waals surface area contributed by atoms with Gasteiger partial charge in [-0.1, -0.05) is 5.21 Å². The predicted molar refractivity (Wildman–Crippen MR) is 90.5 cm³/mol. The Hall–Kier alpha value is -0.980. The fourth-order valence-electron chi connectivity index (χ4n) is 4.49. The monoisotopic (exact) mass is 334 g/mol. The summed E-state index contributed by atoms with van der Waals surface area (Å²) in [5, 5.41) is 12.3. The summed E-state index contributed by atoms with van der Waals surface area (Å²) >= 11 is 0. The number of ether oxygens (including phenoxy) is 2. The molecule has 6 heteroatoms. The van der Waals surface area contributed by atoms with Crippen LogP contribution in [0.5, 0.6) is 0 Å². The van der Waals surface area contributed by atoms with E-state index in [9.17, 15) is 0 Å². The number of nitrogens with one attached hydrogen (secondary N) is 1. The first-order valence-electron chi connectivity index (χ1n) is 9.59. The van der Waals surface area contributed by atoms with E-state index in [1.54, 1.807) is 0 Å². The fourth-order valence-corrected chi connectivity index (χ4v) is 4.49. The van der Waals surface area contributed by atoms with Crippen LogP contribution in [-0.2, 0) is 22.6 Å². The molecule has 2 saturated heterocycles. The molecule has 1 atom stereocenters. The Labute approximate surface area is 144 Å². The van der Waals surface area contributed by atoms with Gasteiger partial charge in [0.1, 0.15) is 0 Å². The second kappa shape index (κ2) is 7.50. The van der Waals surface area contributed by atoms with Crippen LogP contribution in [0.4, 0.5) is 0 Å². The normalized spacial score (nSPS) is 27.8. The molecule has 0 amide bonds. The molecule has 1 aliphatic carbocycles. The van der Waals surface area contributed by atoms with Gasteiger partial charge in [-0.25, -0.2) is 0 Å². The predicted octanol–water partition coefficient (Wildman–Crippen LogP) is 2.14. The molecule has 1 aromatic heterocycles. The lowest BCUT2D eigenvalue weighted by Gasteiger charge is -2.43. The summed E-state index contributed by atoms with van der Waals surface area (Å²) in [7, 11) is 0. The molecule has 1 unspecified atom stereocenters. The van der Waals surface area contributed by atoms with Crippen LogP contribution in [0.2, 0.25) is 0 Å². The van der Waals surface area contributed by atoms with Crippen molar-refractivity contribution in [2.75, 3.05) is 26.4 Å². The van der Waals surface area contributed by atoms with E-state index in [4.69, 9.17) is 9.47 Å². The third-order valence-corrected chi connectivity index (χ3v) is 6.23. The lowest BCUT2D eigenvalue weighted by Crippen LogP contribution is -2.40. The summed E-state index contributed by atoms with van der Waals surface area (Å²) in [6.07, 6.45) is 11.0. The first-order chi connectivity index (χ1) is 11.8. The molecule has 0 bridgehead atoms. The zero-order chi connectivity index (χ0) is 16.2. The van der Waals surface area contributed by atoms with Crippen LogP contribution < -0.4 is 5.32 Å². The Balaban J connectivity index is 1.21. The van der Waals surface area contributed by atoms with Gasteiger partial charge in [0, 0.05) is 51.1 Å². The Morgan fingerprint density at radius 1 is 1.08 bits per heavy atom. The summed E-state index contributed by atoms with van der Waals surface area (Å²) in [4.78, 5) is 0. The second-order valence-corrected chi connectivity index (χ2v) is 7.93. The Bertz CT molecular complexity index is 511. The topological polar surface area (TPSA) is 61.2 Å². The van der Waals surface area contributed by atoms with Crippen LogP contribution in [0.3, 0.4) is 0 Å². The van der Waals surface area contributed by atoms with Crippen molar-refractivity contribution in [3.63, 3.8) is 0 Å². The average Bonchev–Trinajstić information content (AvgIpc) is 3.28. The highest BCUT2D eigenvalue weighted by Gasteiger charge is 2.36. The van der Waals surface area contributed by atoms with E-state index in [2.05, 4.69) is 21.8 Å². The minimum atomic E-state index is 0.586. The highest BCUT2D eigenvalue weighted by molar-refractivity contribution is 4.94. The molecule has 0 radical (unpaired) electrons. The van der Waals surface area contributed by atoms with E-state index in [1.807, 2.05) is 4.68 Å². The highest BCUT2D eigenvalue weighted by atomic mass is 16.5. The zero-order valence-electron chi connectivity index (χ0n) is 14.6. The van der Waals surface area contributed by atoms with Crippen molar-refractivity contribution in [1.82, 2.24) is 20.3 Å². The summed E-state index contributed by atoms with van der Waals surface area (Å²) in [5.74, 6) is 0.599. The molecule has 0 aromatic carbocycles. The number of aromatic nitrogens is 3. The molecule has 1 spiro atoms. The molecule has 3 heterocycles. The molecule has 6 nitrogen and oxygen atoms in total. The molecule has 2 aliphatic heterocycles. The van der Waals surface area contributed by atoms with Crippen LogP contribution in [-0.4, -0.2) is 47.5 Å². The number of hydrogen-bond donors (Lipinski definition) is 1. The molecule has 4 rings (SSSR count). The summed E-state index contributed by atoms with van der Waals surface area (Å²) in [6.45, 7) is 5.45. The third kappa shape index (κ3) is 3.98. The minimum absolute atomic E-state index is 0.586. The van der Waals surface area contributed by atoms with Crippen LogP contribution in [0.1, 0.15) is 50.6 Å². The number of rotatable bonds is 5. The van der Waals surface area contributed by atoms with E-state index in [1.165, 1.54) is 38.5 Å². The van der Waals surface area contributed by atoms with Gasteiger partial charge in [-0.15, -0.1) is 5.10 Å². The van der Waals surface area contributed by atoms with Crippen molar-refractivity contribution in [2.45, 2.75) is 64.1 Å². The molecule has 3 aliphatic rings. The number of nitrogens with zero attached hydrogens (tertiary/aromatic N) is 3. The molecule has 1 saturated carbocycles. The van der Waals surface area contributed by atoms with Crippen LogP contribution >= 0.6 is 0 Å². The van der Waals surface area contributed by atoms with Crippen molar-refractivity contribution in [2.24, 2.45) is 11.3 Å². The molecule has 134 valence electrons. The minimum Gasteiger partial charge on any atom is -0.381 e. The van der Waals surface area contributed by atoms with E-state index in [0.717, 1.165) is 51.6 Å². The molecular formula is C18H30N4O2. The second-order valence-electron chi connectivity index (χ2n) is 7.93. The Kier molecular flexibility index (Phi) is 5.15. The van der Waals surface area contributed by atoms with Crippen molar-refractivity contribution in [1.29, 1.82) is 0 Å². The van der Waals surface area contributed by atoms with Gasteiger partial charge >= 0.3 is 0 Å². The maximum Gasteiger partial charge on any atom is 0.0964 e. The quantitative estimate of drug-likeness (QED) is 0.894. The van der Waals surface area contributed by atoms with E-state index < -0.39 is 0 Å². The molecule has 1 aromatic rings. The average molecular weight is 334 g/mol. The summed E-state index contributed by atoms with van der Waals surface area (Å²) in [6, 6.07) is 0.631. The van der Waals surface area contributed by atoms with Gasteiger partial charge in [-0.05, 0) is 50.4 Å². The zero-order valence-corrected chi connectivity index (χ0v) is 14.6. The molecular weight excluding hydrogens is 304 g/mol. The SMILES string of the molecule is c1c(CNC2CCC3(CCOCC3)CC2)nnn1CC1CCOC1. The van der Waals surface area contributed by atoms with E-state index in [0.29, 0.717) is 17.4 Å². The van der Waals surface area contributed by atoms with Crippen molar-refractivity contribution >= 4 is 0 Å². The van der Waals surface area contributed by atoms with Gasteiger partial charge in [-0.3, -0.25) is 4.68 Å². The first kappa shape index (κ1) is 16.5. The first-order valence-corrected chi connectivity index (χ1v) is 9.59. The van der Waals surface area contributed by atoms with Gasteiger partial charge in [0.25, 0.3) is 0 Å². The molecule has 1 N–H and O–H groups in total. The van der Waals surface area contributed by atoms with Gasteiger partial charge in [-0.2, -0.15) is 0 Å². The lowest BCUT2D eigenvalue weighted by molar-refractivity contribution is -0.00931. The van der Waals surface area contributed by atoms with Gasteiger partial charge in [0.15, 0.2) is 0 Å². The van der Waals surface area contributed by atoms with E-state index >= 15 is 0 Å². The third-order valence-electron chi connectivity index (χ3n) is 6.23. The van der Waals surface area contributed by atoms with Crippen LogP contribution in [0, 0.1) is 11.3 Å². The van der Waals surface area contributed by atoms with Crippen molar-refractivity contribution < 1.29 is 9.47 Å². The largest absolute Gasteiger partial charge is 0.381 e. The lowest BCUT2D eigenvalue weighted by atomic mass is 9.68. The number of hydrogen-bond acceptors (Lipinski definition) is 5.